The number of halogens is 3. The number of aliphatic carboxylic acids is 1. The number of alkyl halides is 3. The van der Waals surface area contributed by atoms with E-state index in [4.69, 9.17) is 0 Å². The molecule has 2 atom stereocenters. The van der Waals surface area contributed by atoms with Crippen molar-refractivity contribution in [2.45, 2.75) is 57.1 Å². The number of carboxylic acids is 1. The van der Waals surface area contributed by atoms with Gasteiger partial charge in [0.1, 0.15) is 22.2 Å². The van der Waals surface area contributed by atoms with Gasteiger partial charge in [0, 0.05) is 11.4 Å². The van der Waals surface area contributed by atoms with Gasteiger partial charge in [-0.25, -0.2) is 9.48 Å². The summed E-state index contributed by atoms with van der Waals surface area (Å²) < 4.78 is 57.7. The maximum Gasteiger partial charge on any atom is 0.422 e. The van der Waals surface area contributed by atoms with Crippen molar-refractivity contribution in [3.63, 3.8) is 0 Å². The van der Waals surface area contributed by atoms with E-state index in [2.05, 4.69) is 24.8 Å². The van der Waals surface area contributed by atoms with Crippen molar-refractivity contribution in [1.29, 1.82) is 0 Å². The zero-order chi connectivity index (χ0) is 23.6. The van der Waals surface area contributed by atoms with Crippen molar-refractivity contribution < 1.29 is 32.4 Å². The SMILES string of the molecule is CC(C)(C(=O)O)n1cc([C@H](N[S+]([O-])C(C)(C)C)c2ccc(OCC(F)(F)F)cn2)nn1. The number of ether oxygens (including phenoxy) is 1. The second-order valence-electron chi connectivity index (χ2n) is 8.21. The molecular weight excluding hydrogens is 439 g/mol. The van der Waals surface area contributed by atoms with Crippen LogP contribution in [0.3, 0.4) is 0 Å². The molecule has 9 nitrogen and oxygen atoms in total. The zero-order valence-corrected chi connectivity index (χ0v) is 18.4. The van der Waals surface area contributed by atoms with Gasteiger partial charge in [0.2, 0.25) is 0 Å². The number of carbonyl (C=O) groups is 1. The van der Waals surface area contributed by atoms with Crippen molar-refractivity contribution in [2.24, 2.45) is 0 Å². The number of rotatable bonds is 8. The smallest absolute Gasteiger partial charge is 0.422 e. The Balaban J connectivity index is 2.36. The third kappa shape index (κ3) is 6.55. The van der Waals surface area contributed by atoms with Crippen molar-refractivity contribution >= 4 is 17.3 Å². The van der Waals surface area contributed by atoms with E-state index < -0.39 is 46.4 Å². The molecule has 2 aromatic heterocycles. The molecular formula is C18H24F3N5O4S. The van der Waals surface area contributed by atoms with Crippen LogP contribution in [0.4, 0.5) is 13.2 Å². The van der Waals surface area contributed by atoms with Crippen LogP contribution in [-0.2, 0) is 21.7 Å². The van der Waals surface area contributed by atoms with Crippen molar-refractivity contribution in [3.05, 3.63) is 35.9 Å². The maximum atomic E-state index is 12.7. The van der Waals surface area contributed by atoms with Crippen molar-refractivity contribution in [1.82, 2.24) is 24.7 Å². The molecule has 0 aliphatic rings. The quantitative estimate of drug-likeness (QED) is 0.573. The van der Waals surface area contributed by atoms with E-state index in [1.165, 1.54) is 32.2 Å². The van der Waals surface area contributed by atoms with Gasteiger partial charge in [0.15, 0.2) is 12.1 Å². The molecule has 0 fully saturated rings. The number of aromatic nitrogens is 4. The molecule has 2 N–H and O–H groups in total. The predicted molar refractivity (Wildman–Crippen MR) is 106 cm³/mol. The lowest BCUT2D eigenvalue weighted by Crippen LogP contribution is -2.42. The minimum atomic E-state index is -4.48. The Morgan fingerprint density at radius 1 is 1.26 bits per heavy atom. The van der Waals surface area contributed by atoms with E-state index >= 15 is 0 Å². The van der Waals surface area contributed by atoms with Gasteiger partial charge in [-0.05, 0) is 46.8 Å². The summed E-state index contributed by atoms with van der Waals surface area (Å²) in [4.78, 5) is 15.6. The van der Waals surface area contributed by atoms with Crippen LogP contribution in [0.15, 0.2) is 24.5 Å². The summed E-state index contributed by atoms with van der Waals surface area (Å²) in [7, 11) is 0. The molecule has 0 bridgehead atoms. The molecule has 0 saturated carbocycles. The molecule has 0 radical (unpaired) electrons. The third-order valence-corrected chi connectivity index (χ3v) is 5.70. The van der Waals surface area contributed by atoms with Gasteiger partial charge in [-0.3, -0.25) is 4.98 Å². The fourth-order valence-corrected chi connectivity index (χ4v) is 2.96. The highest BCUT2D eigenvalue weighted by Gasteiger charge is 2.35. The first kappa shape index (κ1) is 24.9. The zero-order valence-electron chi connectivity index (χ0n) is 17.6. The topological polar surface area (TPSA) is 125 Å². The van der Waals surface area contributed by atoms with Gasteiger partial charge in [-0.15, -0.1) is 9.82 Å². The summed E-state index contributed by atoms with van der Waals surface area (Å²) in [5, 5.41) is 17.3. The summed E-state index contributed by atoms with van der Waals surface area (Å²) in [6.45, 7) is 6.67. The van der Waals surface area contributed by atoms with E-state index in [1.807, 2.05) is 0 Å². The van der Waals surface area contributed by atoms with Crippen LogP contribution in [0.2, 0.25) is 0 Å². The molecule has 0 spiro atoms. The molecule has 0 amide bonds. The Morgan fingerprint density at radius 2 is 1.90 bits per heavy atom. The van der Waals surface area contributed by atoms with Gasteiger partial charge in [0.25, 0.3) is 0 Å². The monoisotopic (exact) mass is 463 g/mol. The lowest BCUT2D eigenvalue weighted by atomic mass is 10.1. The first-order chi connectivity index (χ1) is 14.1. The fourth-order valence-electron chi connectivity index (χ4n) is 2.15. The van der Waals surface area contributed by atoms with E-state index in [0.29, 0.717) is 0 Å². The first-order valence-electron chi connectivity index (χ1n) is 9.11. The summed E-state index contributed by atoms with van der Waals surface area (Å²) >= 11 is -1.57. The maximum absolute atomic E-state index is 12.7. The van der Waals surface area contributed by atoms with Gasteiger partial charge < -0.3 is 14.4 Å². The second kappa shape index (κ2) is 9.01. The van der Waals surface area contributed by atoms with Crippen LogP contribution in [-0.4, -0.2) is 53.1 Å². The predicted octanol–water partition coefficient (Wildman–Crippen LogP) is 2.58. The number of carboxylic acid groups (broad SMARTS) is 1. The molecule has 0 aromatic carbocycles. The van der Waals surface area contributed by atoms with E-state index in [0.717, 1.165) is 10.9 Å². The Bertz CT molecular complexity index is 897. The van der Waals surface area contributed by atoms with Crippen LogP contribution in [0.1, 0.15) is 52.0 Å². The first-order valence-corrected chi connectivity index (χ1v) is 10.3. The summed E-state index contributed by atoms with van der Waals surface area (Å²) in [5.74, 6) is -1.22. The lowest BCUT2D eigenvalue weighted by Gasteiger charge is -2.27. The van der Waals surface area contributed by atoms with Crippen molar-refractivity contribution in [3.8, 4) is 5.75 Å². The van der Waals surface area contributed by atoms with E-state index in [9.17, 15) is 27.6 Å². The summed E-state index contributed by atoms with van der Waals surface area (Å²) in [5.41, 5.74) is -0.859. The lowest BCUT2D eigenvalue weighted by molar-refractivity contribution is -0.153. The number of hydrogen-bond acceptors (Lipinski definition) is 7. The summed E-state index contributed by atoms with van der Waals surface area (Å²) in [6, 6.07) is 1.84. The summed E-state index contributed by atoms with van der Waals surface area (Å²) in [6.07, 6.45) is -1.98. The van der Waals surface area contributed by atoms with Crippen LogP contribution in [0, 0.1) is 0 Å². The Morgan fingerprint density at radius 3 is 2.39 bits per heavy atom. The minimum absolute atomic E-state index is 0.0903. The Kier molecular flexibility index (Phi) is 7.23. The molecule has 2 rings (SSSR count). The highest BCUT2D eigenvalue weighted by atomic mass is 32.2. The number of nitrogens with zero attached hydrogens (tertiary/aromatic N) is 4. The molecule has 31 heavy (non-hydrogen) atoms. The second-order valence-corrected chi connectivity index (χ2v) is 10.2. The molecule has 2 aromatic rings. The van der Waals surface area contributed by atoms with Crippen molar-refractivity contribution in [2.75, 3.05) is 6.61 Å². The number of nitrogens with one attached hydrogen (secondary N) is 1. The largest absolute Gasteiger partial charge is 0.598 e. The molecule has 1 unspecified atom stereocenters. The highest BCUT2D eigenvalue weighted by molar-refractivity contribution is 7.90. The molecule has 172 valence electrons. The van der Waals surface area contributed by atoms with Gasteiger partial charge in [-0.1, -0.05) is 5.21 Å². The Labute approximate surface area is 180 Å². The van der Waals surface area contributed by atoms with Gasteiger partial charge in [0.05, 0.1) is 18.1 Å². The van der Waals surface area contributed by atoms with Crippen LogP contribution in [0.5, 0.6) is 5.75 Å². The average molecular weight is 463 g/mol. The van der Waals surface area contributed by atoms with Gasteiger partial charge >= 0.3 is 12.1 Å². The van der Waals surface area contributed by atoms with Crippen LogP contribution < -0.4 is 9.46 Å². The van der Waals surface area contributed by atoms with Crippen LogP contribution >= 0.6 is 0 Å². The molecule has 0 aliphatic carbocycles. The molecule has 0 aliphatic heterocycles. The average Bonchev–Trinajstić information content (AvgIpc) is 3.14. The normalized spacial score (nSPS) is 14.9. The molecule has 2 heterocycles. The van der Waals surface area contributed by atoms with E-state index in [1.54, 1.807) is 20.8 Å². The Hall–Kier alpha value is -2.38. The number of hydrogen-bond donors (Lipinski definition) is 2. The molecule has 0 saturated heterocycles. The van der Waals surface area contributed by atoms with E-state index in [-0.39, 0.29) is 17.1 Å². The third-order valence-electron chi connectivity index (χ3n) is 4.14. The molecule has 13 heteroatoms. The standard InChI is InChI=1S/C18H24F3N5O4S/c1-16(2,3)31(29)24-14(13-9-26(25-23-13)17(4,5)15(27)28)12-7-6-11(8-22-12)30-10-18(19,20)21/h6-9,14,24H,10H2,1-5H3,(H,27,28)/t14-,31?/m1/s1. The van der Waals surface area contributed by atoms with Gasteiger partial charge in [-0.2, -0.15) is 13.2 Å². The minimum Gasteiger partial charge on any atom is -0.598 e. The fraction of sp³-hybridized carbons (Fsp3) is 0.556. The number of pyridine rings is 1. The highest BCUT2D eigenvalue weighted by Crippen LogP contribution is 2.26. The van der Waals surface area contributed by atoms with Crippen LogP contribution in [0.25, 0.3) is 0 Å².